The number of amides is 1. The Balaban J connectivity index is 1.34. The zero-order valence-corrected chi connectivity index (χ0v) is 17.1. The van der Waals surface area contributed by atoms with Gasteiger partial charge in [-0.05, 0) is 32.4 Å². The topological polar surface area (TPSA) is 52.8 Å². The number of nitrogens with zero attached hydrogens (tertiary/aromatic N) is 4. The molecule has 1 atom stereocenters. The second kappa shape index (κ2) is 7.95. The van der Waals surface area contributed by atoms with Crippen LogP contribution in [-0.2, 0) is 4.79 Å². The summed E-state index contributed by atoms with van der Waals surface area (Å²) in [4.78, 5) is 24.2. The molecule has 0 aliphatic carbocycles. The van der Waals surface area contributed by atoms with Crippen molar-refractivity contribution in [2.45, 2.75) is 33.2 Å². The van der Waals surface area contributed by atoms with Gasteiger partial charge in [0.1, 0.15) is 12.0 Å². The lowest BCUT2D eigenvalue weighted by molar-refractivity contribution is -0.136. The predicted molar refractivity (Wildman–Crippen MR) is 110 cm³/mol. The van der Waals surface area contributed by atoms with E-state index in [2.05, 4.69) is 57.8 Å². The first kappa shape index (κ1) is 19.0. The number of rotatable bonds is 4. The van der Waals surface area contributed by atoms with Gasteiger partial charge in [-0.25, -0.2) is 4.98 Å². The van der Waals surface area contributed by atoms with Crippen molar-refractivity contribution in [3.05, 3.63) is 36.4 Å². The molecule has 2 aromatic rings. The van der Waals surface area contributed by atoms with Crippen LogP contribution in [0, 0.1) is 12.8 Å². The third-order valence-electron chi connectivity index (χ3n) is 6.04. The number of hydrogen-bond acceptors (Lipinski definition) is 5. The van der Waals surface area contributed by atoms with Gasteiger partial charge in [0.15, 0.2) is 5.89 Å². The summed E-state index contributed by atoms with van der Waals surface area (Å²) in [7, 11) is 0. The average molecular weight is 383 g/mol. The van der Waals surface area contributed by atoms with E-state index in [0.717, 1.165) is 56.9 Å². The maximum absolute atomic E-state index is 13.0. The summed E-state index contributed by atoms with van der Waals surface area (Å²) in [6.07, 6.45) is 2.63. The highest BCUT2D eigenvalue weighted by Crippen LogP contribution is 2.28. The molecule has 2 saturated heterocycles. The first-order chi connectivity index (χ1) is 13.5. The molecule has 6 heteroatoms. The Bertz CT molecular complexity index is 806. The van der Waals surface area contributed by atoms with Crippen molar-refractivity contribution in [3.63, 3.8) is 0 Å². The van der Waals surface area contributed by atoms with Crippen LogP contribution in [0.5, 0.6) is 0 Å². The maximum atomic E-state index is 13.0. The fourth-order valence-corrected chi connectivity index (χ4v) is 4.25. The normalized spacial score (nSPS) is 20.9. The fourth-order valence-electron chi connectivity index (χ4n) is 4.25. The van der Waals surface area contributed by atoms with Crippen molar-refractivity contribution >= 4 is 11.6 Å². The number of aryl methyl sites for hydroxylation is 1. The van der Waals surface area contributed by atoms with E-state index in [1.54, 1.807) is 6.26 Å². The van der Waals surface area contributed by atoms with Crippen LogP contribution in [0.4, 0.5) is 5.69 Å². The summed E-state index contributed by atoms with van der Waals surface area (Å²) >= 11 is 0. The Labute approximate surface area is 167 Å². The van der Waals surface area contributed by atoms with E-state index in [4.69, 9.17) is 4.42 Å². The highest BCUT2D eigenvalue weighted by Gasteiger charge is 2.33. The summed E-state index contributed by atoms with van der Waals surface area (Å²) in [6.45, 7) is 11.7. The Morgan fingerprint density at radius 3 is 2.43 bits per heavy atom. The van der Waals surface area contributed by atoms with Gasteiger partial charge in [-0.1, -0.05) is 12.1 Å². The van der Waals surface area contributed by atoms with Gasteiger partial charge >= 0.3 is 0 Å². The molecule has 2 aliphatic rings. The molecular weight excluding hydrogens is 352 g/mol. The van der Waals surface area contributed by atoms with E-state index in [0.29, 0.717) is 17.8 Å². The Morgan fingerprint density at radius 2 is 1.82 bits per heavy atom. The quantitative estimate of drug-likeness (QED) is 0.814. The summed E-state index contributed by atoms with van der Waals surface area (Å²) in [5.41, 5.74) is 3.08. The predicted octanol–water partition coefficient (Wildman–Crippen LogP) is 3.03. The largest absolute Gasteiger partial charge is 0.449 e. The number of carbonyl (C=O) groups excluding carboxylic acids is 1. The van der Waals surface area contributed by atoms with E-state index in [1.807, 2.05) is 6.92 Å². The molecule has 0 unspecified atom stereocenters. The average Bonchev–Trinajstić information content (AvgIpc) is 3.37. The number of aromatic nitrogens is 1. The molecule has 0 bridgehead atoms. The first-order valence-corrected chi connectivity index (χ1v) is 10.3. The molecule has 28 heavy (non-hydrogen) atoms. The van der Waals surface area contributed by atoms with E-state index < -0.39 is 0 Å². The number of carbonyl (C=O) groups is 1. The van der Waals surface area contributed by atoms with Gasteiger partial charge in [0, 0.05) is 63.5 Å². The monoisotopic (exact) mass is 382 g/mol. The van der Waals surface area contributed by atoms with E-state index >= 15 is 0 Å². The summed E-state index contributed by atoms with van der Waals surface area (Å²) in [5.74, 6) is 1.12. The highest BCUT2D eigenvalue weighted by atomic mass is 16.3. The fraction of sp³-hybridized carbons (Fsp3) is 0.545. The molecular formula is C22H30N4O2. The standard InChI is InChI=1S/C22H30N4O2/c1-16(2)24-10-12-25(13-11-24)22(27)19-8-9-26(14-19)20-6-4-18(5-7-20)21-15-28-17(3)23-21/h4-7,15-16,19H,8-14H2,1-3H3/t19-/m0/s1. The van der Waals surface area contributed by atoms with E-state index in [1.165, 1.54) is 5.69 Å². The van der Waals surface area contributed by atoms with Crippen molar-refractivity contribution in [1.29, 1.82) is 0 Å². The molecule has 2 fully saturated rings. The number of hydrogen-bond donors (Lipinski definition) is 0. The number of piperazine rings is 1. The molecule has 1 amide bonds. The number of anilines is 1. The van der Waals surface area contributed by atoms with Crippen LogP contribution in [0.25, 0.3) is 11.3 Å². The number of benzene rings is 1. The van der Waals surface area contributed by atoms with Crippen molar-refractivity contribution < 1.29 is 9.21 Å². The highest BCUT2D eigenvalue weighted by molar-refractivity contribution is 5.80. The van der Waals surface area contributed by atoms with Crippen molar-refractivity contribution in [2.24, 2.45) is 5.92 Å². The summed E-state index contributed by atoms with van der Waals surface area (Å²) in [6, 6.07) is 8.95. The van der Waals surface area contributed by atoms with Crippen molar-refractivity contribution in [3.8, 4) is 11.3 Å². The lowest BCUT2D eigenvalue weighted by Crippen LogP contribution is -2.52. The van der Waals surface area contributed by atoms with Crippen LogP contribution in [0.15, 0.2) is 34.9 Å². The van der Waals surface area contributed by atoms with Crippen LogP contribution in [0.1, 0.15) is 26.2 Å². The molecule has 0 radical (unpaired) electrons. The van der Waals surface area contributed by atoms with Crippen molar-refractivity contribution in [2.75, 3.05) is 44.2 Å². The zero-order valence-electron chi connectivity index (χ0n) is 17.1. The molecule has 150 valence electrons. The van der Waals surface area contributed by atoms with Gasteiger partial charge in [-0.2, -0.15) is 0 Å². The molecule has 4 rings (SSSR count). The molecule has 1 aromatic carbocycles. The van der Waals surface area contributed by atoms with Gasteiger partial charge in [0.2, 0.25) is 5.91 Å². The second-order valence-electron chi connectivity index (χ2n) is 8.19. The van der Waals surface area contributed by atoms with Crippen LogP contribution >= 0.6 is 0 Å². The molecule has 2 aliphatic heterocycles. The Hall–Kier alpha value is -2.34. The van der Waals surface area contributed by atoms with E-state index in [-0.39, 0.29) is 5.92 Å². The lowest BCUT2D eigenvalue weighted by atomic mass is 10.1. The minimum atomic E-state index is 0.114. The van der Waals surface area contributed by atoms with Crippen LogP contribution in [-0.4, -0.2) is 66.0 Å². The van der Waals surface area contributed by atoms with Gasteiger partial charge in [-0.3, -0.25) is 9.69 Å². The minimum absolute atomic E-state index is 0.114. The zero-order chi connectivity index (χ0) is 19.7. The molecule has 0 spiro atoms. The summed E-state index contributed by atoms with van der Waals surface area (Å²) < 4.78 is 5.30. The maximum Gasteiger partial charge on any atom is 0.227 e. The Morgan fingerprint density at radius 1 is 1.11 bits per heavy atom. The molecule has 0 saturated carbocycles. The first-order valence-electron chi connectivity index (χ1n) is 10.3. The van der Waals surface area contributed by atoms with Gasteiger partial charge in [0.25, 0.3) is 0 Å². The van der Waals surface area contributed by atoms with Crippen LogP contribution in [0.3, 0.4) is 0 Å². The van der Waals surface area contributed by atoms with Gasteiger partial charge in [0.05, 0.1) is 5.92 Å². The third kappa shape index (κ3) is 3.92. The lowest BCUT2D eigenvalue weighted by Gasteiger charge is -2.37. The smallest absolute Gasteiger partial charge is 0.227 e. The van der Waals surface area contributed by atoms with Crippen molar-refractivity contribution in [1.82, 2.24) is 14.8 Å². The van der Waals surface area contributed by atoms with Crippen LogP contribution < -0.4 is 4.90 Å². The molecule has 6 nitrogen and oxygen atoms in total. The summed E-state index contributed by atoms with van der Waals surface area (Å²) in [5, 5.41) is 0. The SMILES string of the molecule is Cc1nc(-c2ccc(N3CC[C@H](C(=O)N4CCN(C(C)C)CC4)C3)cc2)co1. The third-order valence-corrected chi connectivity index (χ3v) is 6.04. The van der Waals surface area contributed by atoms with Gasteiger partial charge in [-0.15, -0.1) is 0 Å². The second-order valence-corrected chi connectivity index (χ2v) is 8.19. The Kier molecular flexibility index (Phi) is 5.40. The number of oxazole rings is 1. The molecule has 3 heterocycles. The molecule has 1 aromatic heterocycles. The van der Waals surface area contributed by atoms with E-state index in [9.17, 15) is 4.79 Å². The minimum Gasteiger partial charge on any atom is -0.449 e. The van der Waals surface area contributed by atoms with Crippen LogP contribution in [0.2, 0.25) is 0 Å². The van der Waals surface area contributed by atoms with Gasteiger partial charge < -0.3 is 14.2 Å². The molecule has 0 N–H and O–H groups in total.